The number of hydrogen-bond donors (Lipinski definition) is 2. The molecule has 2 heterocycles. The van der Waals surface area contributed by atoms with Gasteiger partial charge < -0.3 is 20.6 Å². The molecule has 19 heavy (non-hydrogen) atoms. The van der Waals surface area contributed by atoms with Crippen LogP contribution >= 0.6 is 0 Å². The highest BCUT2D eigenvalue weighted by Crippen LogP contribution is 2.32. The van der Waals surface area contributed by atoms with E-state index in [0.29, 0.717) is 0 Å². The summed E-state index contributed by atoms with van der Waals surface area (Å²) in [5.41, 5.74) is 5.59. The molecule has 1 amide bonds. The van der Waals surface area contributed by atoms with Gasteiger partial charge in [0.05, 0.1) is 6.61 Å². The van der Waals surface area contributed by atoms with Crippen LogP contribution in [0.5, 0.6) is 0 Å². The summed E-state index contributed by atoms with van der Waals surface area (Å²) in [5.74, 6) is 1.51. The molecule has 2 saturated heterocycles. The van der Waals surface area contributed by atoms with Crippen LogP contribution in [0.2, 0.25) is 0 Å². The van der Waals surface area contributed by atoms with Gasteiger partial charge in [0.1, 0.15) is 6.04 Å². The molecule has 2 aliphatic heterocycles. The first-order valence-electron chi connectivity index (χ1n) is 7.45. The van der Waals surface area contributed by atoms with Gasteiger partial charge in [0.25, 0.3) is 0 Å². The van der Waals surface area contributed by atoms with Crippen molar-refractivity contribution < 1.29 is 9.90 Å². The largest absolute Gasteiger partial charge is 0.394 e. The summed E-state index contributed by atoms with van der Waals surface area (Å²) in [6.45, 7) is 3.78. The second-order valence-electron chi connectivity index (χ2n) is 6.09. The molecule has 0 bridgehead atoms. The van der Waals surface area contributed by atoms with Gasteiger partial charge >= 0.3 is 0 Å². The third-order valence-electron chi connectivity index (χ3n) is 4.80. The third kappa shape index (κ3) is 3.68. The summed E-state index contributed by atoms with van der Waals surface area (Å²) in [5, 5.41) is 8.94. The number of carbonyl (C=O) groups is 1. The second kappa shape index (κ2) is 6.68. The molecule has 5 heteroatoms. The number of rotatable bonds is 3. The van der Waals surface area contributed by atoms with Crippen molar-refractivity contribution >= 4 is 5.91 Å². The second-order valence-corrected chi connectivity index (χ2v) is 6.09. The number of aliphatic hydroxyl groups is 1. The van der Waals surface area contributed by atoms with E-state index < -0.39 is 6.04 Å². The molecule has 0 saturated carbocycles. The molecule has 3 N–H and O–H groups in total. The van der Waals surface area contributed by atoms with Crippen molar-refractivity contribution in [3.63, 3.8) is 0 Å². The fraction of sp³-hybridized carbons (Fsp3) is 0.929. The average Bonchev–Trinajstić information content (AvgIpc) is 2.46. The van der Waals surface area contributed by atoms with Crippen LogP contribution in [0.4, 0.5) is 0 Å². The summed E-state index contributed by atoms with van der Waals surface area (Å²) in [7, 11) is 2.19. The summed E-state index contributed by atoms with van der Waals surface area (Å²) in [6.07, 6.45) is 4.78. The Kier molecular flexibility index (Phi) is 5.19. The van der Waals surface area contributed by atoms with Gasteiger partial charge in [-0.1, -0.05) is 0 Å². The van der Waals surface area contributed by atoms with E-state index in [9.17, 15) is 4.79 Å². The maximum atomic E-state index is 11.9. The minimum absolute atomic E-state index is 0.0932. The van der Waals surface area contributed by atoms with Gasteiger partial charge in [0.15, 0.2) is 0 Å². The van der Waals surface area contributed by atoms with Crippen LogP contribution in [0.1, 0.15) is 25.7 Å². The molecule has 0 radical (unpaired) electrons. The lowest BCUT2D eigenvalue weighted by molar-refractivity contribution is -0.135. The highest BCUT2D eigenvalue weighted by atomic mass is 16.3. The number of amides is 1. The van der Waals surface area contributed by atoms with Gasteiger partial charge in [-0.15, -0.1) is 0 Å². The normalized spacial score (nSPS) is 25.5. The monoisotopic (exact) mass is 269 g/mol. The maximum absolute atomic E-state index is 11.9. The molecule has 0 aromatic rings. The lowest BCUT2D eigenvalue weighted by Gasteiger charge is -2.39. The Balaban J connectivity index is 1.77. The Bertz CT molecular complexity index is 295. The highest BCUT2D eigenvalue weighted by Gasteiger charge is 2.31. The topological polar surface area (TPSA) is 69.8 Å². The molecule has 0 aliphatic carbocycles. The van der Waals surface area contributed by atoms with Crippen LogP contribution in [0.15, 0.2) is 0 Å². The predicted octanol–water partition coefficient (Wildman–Crippen LogP) is -0.114. The zero-order valence-corrected chi connectivity index (χ0v) is 11.9. The Labute approximate surface area is 115 Å². The molecule has 5 nitrogen and oxygen atoms in total. The smallest absolute Gasteiger partial charge is 0.241 e. The molecular formula is C14H27N3O2. The molecule has 2 aliphatic rings. The molecule has 0 spiro atoms. The fourth-order valence-electron chi connectivity index (χ4n) is 3.40. The number of nitrogens with zero attached hydrogens (tertiary/aromatic N) is 2. The summed E-state index contributed by atoms with van der Waals surface area (Å²) < 4.78 is 0. The van der Waals surface area contributed by atoms with Gasteiger partial charge in [0.2, 0.25) is 5.91 Å². The quantitative estimate of drug-likeness (QED) is 0.750. The molecule has 0 aromatic heterocycles. The van der Waals surface area contributed by atoms with Crippen LogP contribution in [-0.2, 0) is 4.79 Å². The molecule has 0 aromatic carbocycles. The first-order chi connectivity index (χ1) is 9.11. The Morgan fingerprint density at radius 1 is 1.16 bits per heavy atom. The SMILES string of the molecule is CN1CCC(C2CCN(C(=O)[C@@H](N)CO)CC2)CC1. The van der Waals surface area contributed by atoms with Gasteiger partial charge in [0, 0.05) is 13.1 Å². The third-order valence-corrected chi connectivity index (χ3v) is 4.80. The van der Waals surface area contributed by atoms with Crippen molar-refractivity contribution in [2.45, 2.75) is 31.7 Å². The van der Waals surface area contributed by atoms with E-state index in [2.05, 4.69) is 11.9 Å². The number of nitrogens with two attached hydrogens (primary N) is 1. The van der Waals surface area contributed by atoms with Crippen molar-refractivity contribution in [2.75, 3.05) is 39.8 Å². The Morgan fingerprint density at radius 2 is 1.63 bits per heavy atom. The van der Waals surface area contributed by atoms with Crippen LogP contribution in [0.3, 0.4) is 0 Å². The first-order valence-corrected chi connectivity index (χ1v) is 7.45. The van der Waals surface area contributed by atoms with Crippen molar-refractivity contribution in [2.24, 2.45) is 17.6 Å². The van der Waals surface area contributed by atoms with E-state index in [4.69, 9.17) is 10.8 Å². The van der Waals surface area contributed by atoms with Gasteiger partial charge in [-0.05, 0) is 57.7 Å². The van der Waals surface area contributed by atoms with Gasteiger partial charge in [-0.25, -0.2) is 0 Å². The molecule has 110 valence electrons. The molecule has 0 unspecified atom stereocenters. The van der Waals surface area contributed by atoms with Gasteiger partial charge in [-0.2, -0.15) is 0 Å². The lowest BCUT2D eigenvalue weighted by atomic mass is 9.79. The summed E-state index contributed by atoms with van der Waals surface area (Å²) in [4.78, 5) is 16.1. The predicted molar refractivity (Wildman–Crippen MR) is 74.6 cm³/mol. The lowest BCUT2D eigenvalue weighted by Crippen LogP contribution is -2.49. The average molecular weight is 269 g/mol. The number of hydrogen-bond acceptors (Lipinski definition) is 4. The summed E-state index contributed by atoms with van der Waals surface area (Å²) >= 11 is 0. The van der Waals surface area contributed by atoms with E-state index in [-0.39, 0.29) is 12.5 Å². The van der Waals surface area contributed by atoms with Crippen molar-refractivity contribution in [3.8, 4) is 0 Å². The highest BCUT2D eigenvalue weighted by molar-refractivity contribution is 5.81. The van der Waals surface area contributed by atoms with E-state index in [1.54, 1.807) is 0 Å². The molecule has 1 atom stereocenters. The zero-order chi connectivity index (χ0) is 13.8. The van der Waals surface area contributed by atoms with E-state index in [1.165, 1.54) is 25.9 Å². The Morgan fingerprint density at radius 3 is 2.11 bits per heavy atom. The van der Waals surface area contributed by atoms with Crippen LogP contribution < -0.4 is 5.73 Å². The van der Waals surface area contributed by atoms with E-state index in [0.717, 1.165) is 37.8 Å². The number of piperidine rings is 2. The standard InChI is InChI=1S/C14H27N3O2/c1-16-6-2-11(3-7-16)12-4-8-17(9-5-12)14(19)13(15)10-18/h11-13,18H,2-10,15H2,1H3/t13-/m0/s1. The molecule has 2 rings (SSSR count). The molecule has 2 fully saturated rings. The van der Waals surface area contributed by atoms with Crippen LogP contribution in [-0.4, -0.2) is 66.7 Å². The minimum Gasteiger partial charge on any atom is -0.394 e. The van der Waals surface area contributed by atoms with Gasteiger partial charge in [-0.3, -0.25) is 4.79 Å². The van der Waals surface area contributed by atoms with Crippen LogP contribution in [0.25, 0.3) is 0 Å². The number of likely N-dealkylation sites (tertiary alicyclic amines) is 2. The van der Waals surface area contributed by atoms with E-state index >= 15 is 0 Å². The Hall–Kier alpha value is -0.650. The van der Waals surface area contributed by atoms with Crippen molar-refractivity contribution in [3.05, 3.63) is 0 Å². The molecular weight excluding hydrogens is 242 g/mol. The van der Waals surface area contributed by atoms with Crippen molar-refractivity contribution in [1.82, 2.24) is 9.80 Å². The number of aliphatic hydroxyl groups excluding tert-OH is 1. The van der Waals surface area contributed by atoms with E-state index in [1.807, 2.05) is 4.90 Å². The first kappa shape index (κ1) is 14.8. The number of carbonyl (C=O) groups excluding carboxylic acids is 1. The fourth-order valence-corrected chi connectivity index (χ4v) is 3.40. The minimum atomic E-state index is -0.736. The summed E-state index contributed by atoms with van der Waals surface area (Å²) in [6, 6.07) is -0.736. The van der Waals surface area contributed by atoms with Crippen LogP contribution in [0, 0.1) is 11.8 Å². The maximum Gasteiger partial charge on any atom is 0.241 e. The zero-order valence-electron chi connectivity index (χ0n) is 11.9. The van der Waals surface area contributed by atoms with Crippen molar-refractivity contribution in [1.29, 1.82) is 0 Å².